The Kier molecular flexibility index (Phi) is 6.86. The first-order valence-electron chi connectivity index (χ1n) is 12.1. The first kappa shape index (κ1) is 23.5. The lowest BCUT2D eigenvalue weighted by molar-refractivity contribution is -0.135. The fourth-order valence-corrected chi connectivity index (χ4v) is 5.60. The smallest absolute Gasteiger partial charge is 0.254 e. The molecule has 1 aromatic heterocycles. The number of halogens is 1. The number of nitrogens with zero attached hydrogens (tertiary/aromatic N) is 2. The maximum atomic E-state index is 14.2. The Morgan fingerprint density at radius 1 is 1.11 bits per heavy atom. The second kappa shape index (κ2) is 10.2. The van der Waals surface area contributed by atoms with Crippen molar-refractivity contribution in [3.05, 3.63) is 87.4 Å². The van der Waals surface area contributed by atoms with E-state index in [2.05, 4.69) is 0 Å². The summed E-state index contributed by atoms with van der Waals surface area (Å²) in [7, 11) is 0. The number of fused-ring (bicyclic) bond motifs is 1. The number of aryl methyl sites for hydroxylation is 1. The number of thiophene rings is 1. The standard InChI is InChI=1S/C28H29FN2O3S/c1-19-6-2-3-7-21(19)28(33)30(16-20-10-11-20)17-27(32)31-14-12-26-22(13-15-35-26)24(31)18-34-25-9-5-4-8-23(25)29/h2-9,13,15,20,24H,10-12,14,16-18H2,1H3. The number of hydrogen-bond acceptors (Lipinski definition) is 4. The second-order valence-corrected chi connectivity index (χ2v) is 10.3. The van der Waals surface area contributed by atoms with E-state index in [1.165, 1.54) is 10.9 Å². The van der Waals surface area contributed by atoms with E-state index in [0.29, 0.717) is 24.6 Å². The highest BCUT2D eigenvalue weighted by Gasteiger charge is 2.35. The molecule has 1 fully saturated rings. The highest BCUT2D eigenvalue weighted by atomic mass is 32.1. The van der Waals surface area contributed by atoms with Crippen molar-refractivity contribution in [3.63, 3.8) is 0 Å². The molecule has 2 heterocycles. The maximum absolute atomic E-state index is 14.2. The molecule has 2 amide bonds. The Labute approximate surface area is 209 Å². The molecule has 3 aromatic rings. The molecule has 0 N–H and O–H groups in total. The first-order chi connectivity index (χ1) is 17.0. The van der Waals surface area contributed by atoms with Crippen LogP contribution in [0.4, 0.5) is 4.39 Å². The SMILES string of the molecule is Cc1ccccc1C(=O)N(CC(=O)N1CCc2sccc2C1COc1ccccc1F)CC1CC1. The van der Waals surface area contributed by atoms with Crippen LogP contribution in [0.3, 0.4) is 0 Å². The summed E-state index contributed by atoms with van der Waals surface area (Å²) >= 11 is 1.67. The van der Waals surface area contributed by atoms with Gasteiger partial charge in [0.1, 0.15) is 13.2 Å². The van der Waals surface area contributed by atoms with Gasteiger partial charge in [0.15, 0.2) is 11.6 Å². The van der Waals surface area contributed by atoms with E-state index in [0.717, 1.165) is 30.4 Å². The van der Waals surface area contributed by atoms with Crippen molar-refractivity contribution >= 4 is 23.2 Å². The molecule has 7 heteroatoms. The summed E-state index contributed by atoms with van der Waals surface area (Å²) in [6, 6.07) is 15.5. The summed E-state index contributed by atoms with van der Waals surface area (Å²) in [5, 5.41) is 2.02. The molecule has 1 unspecified atom stereocenters. The predicted octanol–water partition coefficient (Wildman–Crippen LogP) is 5.25. The summed E-state index contributed by atoms with van der Waals surface area (Å²) < 4.78 is 20.0. The molecule has 2 aliphatic rings. The van der Waals surface area contributed by atoms with Crippen LogP contribution < -0.4 is 4.74 Å². The van der Waals surface area contributed by atoms with E-state index >= 15 is 0 Å². The van der Waals surface area contributed by atoms with Gasteiger partial charge in [-0.3, -0.25) is 9.59 Å². The zero-order valence-corrected chi connectivity index (χ0v) is 20.6. The van der Waals surface area contributed by atoms with Gasteiger partial charge in [-0.05, 0) is 72.9 Å². The lowest BCUT2D eigenvalue weighted by Crippen LogP contribution is -2.48. The number of carbonyl (C=O) groups excluding carboxylic acids is 2. The molecule has 1 aliphatic heterocycles. The third-order valence-corrected chi connectivity index (χ3v) is 7.81. The summed E-state index contributed by atoms with van der Waals surface area (Å²) in [5.41, 5.74) is 2.59. The van der Waals surface area contributed by atoms with E-state index in [1.54, 1.807) is 39.3 Å². The monoisotopic (exact) mass is 492 g/mol. The van der Waals surface area contributed by atoms with Gasteiger partial charge in [0.25, 0.3) is 5.91 Å². The molecule has 0 radical (unpaired) electrons. The molecule has 1 saturated carbocycles. The van der Waals surface area contributed by atoms with Gasteiger partial charge >= 0.3 is 0 Å². The molecule has 1 aliphatic carbocycles. The topological polar surface area (TPSA) is 49.9 Å². The van der Waals surface area contributed by atoms with Crippen LogP contribution in [0.2, 0.25) is 0 Å². The maximum Gasteiger partial charge on any atom is 0.254 e. The summed E-state index contributed by atoms with van der Waals surface area (Å²) in [4.78, 5) is 31.8. The highest BCUT2D eigenvalue weighted by Crippen LogP contribution is 2.35. The van der Waals surface area contributed by atoms with Gasteiger partial charge in [0.05, 0.1) is 6.04 Å². The average molecular weight is 493 g/mol. The van der Waals surface area contributed by atoms with Crippen LogP contribution >= 0.6 is 11.3 Å². The fourth-order valence-electron chi connectivity index (χ4n) is 4.67. The fraction of sp³-hybridized carbons (Fsp3) is 0.357. The Morgan fingerprint density at radius 3 is 2.66 bits per heavy atom. The molecule has 0 spiro atoms. The molecule has 0 bridgehead atoms. The molecule has 2 aromatic carbocycles. The summed E-state index contributed by atoms with van der Waals surface area (Å²) in [5.74, 6) is 0.00148. The average Bonchev–Trinajstić information content (AvgIpc) is 3.55. The second-order valence-electron chi connectivity index (χ2n) is 9.34. The van der Waals surface area contributed by atoms with Crippen LogP contribution in [0.15, 0.2) is 60.0 Å². The third-order valence-electron chi connectivity index (χ3n) is 6.81. The lowest BCUT2D eigenvalue weighted by atomic mass is 10.00. The largest absolute Gasteiger partial charge is 0.488 e. The number of carbonyl (C=O) groups is 2. The minimum Gasteiger partial charge on any atom is -0.488 e. The van der Waals surface area contributed by atoms with Gasteiger partial charge in [0, 0.05) is 23.5 Å². The molecule has 0 saturated heterocycles. The Balaban J connectivity index is 1.36. The molecule has 5 nitrogen and oxygen atoms in total. The van der Waals surface area contributed by atoms with Crippen LogP contribution in [-0.2, 0) is 11.2 Å². The van der Waals surface area contributed by atoms with Crippen molar-refractivity contribution in [1.82, 2.24) is 9.80 Å². The van der Waals surface area contributed by atoms with E-state index < -0.39 is 5.82 Å². The van der Waals surface area contributed by atoms with Crippen molar-refractivity contribution in [2.45, 2.75) is 32.2 Å². The van der Waals surface area contributed by atoms with Gasteiger partial charge in [-0.1, -0.05) is 30.3 Å². The van der Waals surface area contributed by atoms with Gasteiger partial charge in [-0.25, -0.2) is 4.39 Å². The van der Waals surface area contributed by atoms with Crippen LogP contribution in [0.5, 0.6) is 5.75 Å². The quantitative estimate of drug-likeness (QED) is 0.431. The Hall–Kier alpha value is -3.19. The molecular weight excluding hydrogens is 463 g/mol. The molecule has 35 heavy (non-hydrogen) atoms. The van der Waals surface area contributed by atoms with Crippen molar-refractivity contribution in [2.75, 3.05) is 26.2 Å². The number of para-hydroxylation sites is 1. The van der Waals surface area contributed by atoms with E-state index in [9.17, 15) is 14.0 Å². The number of hydrogen-bond donors (Lipinski definition) is 0. The van der Waals surface area contributed by atoms with Crippen molar-refractivity contribution in [3.8, 4) is 5.75 Å². The number of rotatable bonds is 8. The normalized spacial score (nSPS) is 17.1. The summed E-state index contributed by atoms with van der Waals surface area (Å²) in [6.45, 7) is 3.24. The van der Waals surface area contributed by atoms with Gasteiger partial charge in [-0.15, -0.1) is 11.3 Å². The van der Waals surface area contributed by atoms with E-state index in [4.69, 9.17) is 4.74 Å². The molecule has 5 rings (SSSR count). The lowest BCUT2D eigenvalue weighted by Gasteiger charge is -2.37. The van der Waals surface area contributed by atoms with Crippen molar-refractivity contribution < 1.29 is 18.7 Å². The Bertz CT molecular complexity index is 1220. The number of ether oxygens (including phenoxy) is 1. The van der Waals surface area contributed by atoms with Gasteiger partial charge in [0.2, 0.25) is 5.91 Å². The third kappa shape index (κ3) is 5.25. The van der Waals surface area contributed by atoms with Gasteiger partial charge < -0.3 is 14.5 Å². The van der Waals surface area contributed by atoms with Crippen LogP contribution in [0.1, 0.15) is 45.2 Å². The van der Waals surface area contributed by atoms with Crippen molar-refractivity contribution in [2.24, 2.45) is 5.92 Å². The van der Waals surface area contributed by atoms with Crippen LogP contribution in [0, 0.1) is 18.7 Å². The zero-order chi connectivity index (χ0) is 24.4. The van der Waals surface area contributed by atoms with E-state index in [-0.39, 0.29) is 36.8 Å². The Morgan fingerprint density at radius 2 is 1.89 bits per heavy atom. The van der Waals surface area contributed by atoms with E-state index in [1.807, 2.05) is 42.6 Å². The highest BCUT2D eigenvalue weighted by molar-refractivity contribution is 7.10. The minimum absolute atomic E-state index is 0.0271. The van der Waals surface area contributed by atoms with Gasteiger partial charge in [-0.2, -0.15) is 0 Å². The summed E-state index contributed by atoms with van der Waals surface area (Å²) in [6.07, 6.45) is 2.95. The van der Waals surface area contributed by atoms with Crippen LogP contribution in [0.25, 0.3) is 0 Å². The first-order valence-corrected chi connectivity index (χ1v) is 13.0. The minimum atomic E-state index is -0.425. The predicted molar refractivity (Wildman–Crippen MR) is 134 cm³/mol. The number of benzene rings is 2. The zero-order valence-electron chi connectivity index (χ0n) is 19.8. The molecule has 1 atom stereocenters. The number of amides is 2. The van der Waals surface area contributed by atoms with Crippen molar-refractivity contribution in [1.29, 1.82) is 0 Å². The van der Waals surface area contributed by atoms with Crippen LogP contribution in [-0.4, -0.2) is 47.9 Å². The molecular formula is C28H29FN2O3S. The molecule has 182 valence electrons.